The molecule has 0 bridgehead atoms. The van der Waals surface area contributed by atoms with Crippen LogP contribution in [0.5, 0.6) is 5.75 Å². The third kappa shape index (κ3) is 9.35. The van der Waals surface area contributed by atoms with Gasteiger partial charge >= 0.3 is 12.1 Å². The molecule has 0 aromatic heterocycles. The van der Waals surface area contributed by atoms with Crippen LogP contribution < -0.4 is 4.74 Å². The molecule has 2 amide bonds. The highest BCUT2D eigenvalue weighted by atomic mass is 28.4. The molecular formula is C48H53NO11Si. The lowest BCUT2D eigenvalue weighted by atomic mass is 9.95. The van der Waals surface area contributed by atoms with E-state index in [1.165, 1.54) is 0 Å². The number of carbonyl (C=O) groups excluding carboxylic acids is 4. The van der Waals surface area contributed by atoms with Gasteiger partial charge in [-0.3, -0.25) is 14.5 Å². The number of nitrogens with zero attached hydrogens (tertiary/aromatic N) is 1. The molecule has 13 heteroatoms. The van der Waals surface area contributed by atoms with Crippen molar-refractivity contribution >= 4 is 32.3 Å². The molecule has 1 saturated heterocycles. The summed E-state index contributed by atoms with van der Waals surface area (Å²) in [6.07, 6.45) is -6.51. The zero-order chi connectivity index (χ0) is 43.5. The average Bonchev–Trinajstić information content (AvgIpc) is 3.66. The molecule has 0 saturated carbocycles. The number of imide groups is 1. The van der Waals surface area contributed by atoms with Crippen molar-refractivity contribution < 1.29 is 52.0 Å². The fourth-order valence-corrected chi connectivity index (χ4v) is 8.76. The minimum Gasteiger partial charge on any atom is -0.482 e. The van der Waals surface area contributed by atoms with Crippen LogP contribution in [0.15, 0.2) is 120 Å². The molecule has 12 nitrogen and oxygen atoms in total. The van der Waals surface area contributed by atoms with E-state index < -0.39 is 69.5 Å². The molecule has 3 aliphatic rings. The molecule has 7 rings (SSSR count). The van der Waals surface area contributed by atoms with Crippen molar-refractivity contribution in [2.45, 2.75) is 95.9 Å². The molecular weight excluding hydrogens is 795 g/mol. The Morgan fingerprint density at radius 1 is 0.721 bits per heavy atom. The van der Waals surface area contributed by atoms with E-state index in [1.54, 1.807) is 38.1 Å². The molecule has 4 aromatic rings. The molecule has 0 spiro atoms. The fraction of sp³-hybridized carbons (Fsp3) is 0.375. The third-order valence-electron chi connectivity index (χ3n) is 12.1. The molecule has 0 N–H and O–H groups in total. The number of ether oxygens (including phenoxy) is 6. The van der Waals surface area contributed by atoms with Crippen molar-refractivity contribution in [2.24, 2.45) is 0 Å². The average molecular weight is 848 g/mol. The van der Waals surface area contributed by atoms with Crippen molar-refractivity contribution in [2.75, 3.05) is 19.8 Å². The normalized spacial score (nSPS) is 21.6. The predicted molar refractivity (Wildman–Crippen MR) is 229 cm³/mol. The highest BCUT2D eigenvalue weighted by Crippen LogP contribution is 2.45. The number of esters is 1. The first kappa shape index (κ1) is 43.5. The van der Waals surface area contributed by atoms with E-state index in [0.29, 0.717) is 5.75 Å². The minimum atomic E-state index is -2.77. The summed E-state index contributed by atoms with van der Waals surface area (Å²) in [5.74, 6) is -1.93. The Morgan fingerprint density at radius 3 is 1.87 bits per heavy atom. The van der Waals surface area contributed by atoms with Gasteiger partial charge in [0.25, 0.3) is 11.8 Å². The number of hydrogen-bond acceptors (Lipinski definition) is 11. The topological polar surface area (TPSA) is 136 Å². The quantitative estimate of drug-likeness (QED) is 0.0688. The summed E-state index contributed by atoms with van der Waals surface area (Å²) in [7, 11) is -2.77. The smallest absolute Gasteiger partial charge is 0.482 e. The van der Waals surface area contributed by atoms with Crippen LogP contribution >= 0.6 is 0 Å². The maximum atomic E-state index is 14.1. The Balaban J connectivity index is 1.25. The molecule has 4 aromatic carbocycles. The summed E-state index contributed by atoms with van der Waals surface area (Å²) in [5, 5.41) is -0.354. The number of rotatable bonds is 14. The van der Waals surface area contributed by atoms with E-state index in [2.05, 4.69) is 0 Å². The monoisotopic (exact) mass is 847 g/mol. The lowest BCUT2D eigenvalue weighted by molar-refractivity contribution is -0.271. The summed E-state index contributed by atoms with van der Waals surface area (Å²) >= 11 is 0. The van der Waals surface area contributed by atoms with Crippen LogP contribution in [0, 0.1) is 0 Å². The predicted octanol–water partition coefficient (Wildman–Crippen LogP) is 8.35. The second-order valence-electron chi connectivity index (χ2n) is 17.1. The van der Waals surface area contributed by atoms with Gasteiger partial charge in [-0.2, -0.15) is 0 Å². The second-order valence-corrected chi connectivity index (χ2v) is 21.8. The SMILES string of the molecule is CC1=C(C)C(=O)N([C@H]2[C@H](O[Si](C)(C)C(C)(C)C)O[C@H](COCc3ccccc3)[C@@H](OC(=O)OCC3c4ccccc4-c4ccccc43)[C@@H]2OC(=O)COc2ccccc2)C1=O. The van der Waals surface area contributed by atoms with Crippen LogP contribution in [0.4, 0.5) is 4.79 Å². The minimum absolute atomic E-state index is 0.0586. The number of fused-ring (bicyclic) bond motifs is 3. The summed E-state index contributed by atoms with van der Waals surface area (Å²) in [6, 6.07) is 32.7. The van der Waals surface area contributed by atoms with Crippen molar-refractivity contribution in [1.29, 1.82) is 0 Å². The van der Waals surface area contributed by atoms with Crippen LogP contribution in [-0.4, -0.2) is 87.6 Å². The van der Waals surface area contributed by atoms with Crippen LogP contribution in [0.1, 0.15) is 57.2 Å². The van der Waals surface area contributed by atoms with Gasteiger partial charge in [-0.25, -0.2) is 9.59 Å². The van der Waals surface area contributed by atoms with E-state index in [9.17, 15) is 19.2 Å². The number of para-hydroxylation sites is 1. The van der Waals surface area contributed by atoms with Gasteiger partial charge in [0.1, 0.15) is 24.5 Å². The molecule has 2 heterocycles. The Morgan fingerprint density at radius 2 is 1.28 bits per heavy atom. The lowest BCUT2D eigenvalue weighted by Gasteiger charge is -2.50. The molecule has 1 aliphatic carbocycles. The summed E-state index contributed by atoms with van der Waals surface area (Å²) in [4.78, 5) is 57.2. The van der Waals surface area contributed by atoms with Crippen LogP contribution in [0.2, 0.25) is 18.1 Å². The van der Waals surface area contributed by atoms with E-state index in [1.807, 2.05) is 119 Å². The number of carbonyl (C=O) groups is 4. The maximum Gasteiger partial charge on any atom is 0.508 e. The molecule has 1 fully saturated rings. The van der Waals surface area contributed by atoms with Crippen LogP contribution in [0.25, 0.3) is 11.1 Å². The van der Waals surface area contributed by atoms with E-state index >= 15 is 0 Å². The van der Waals surface area contributed by atoms with Gasteiger partial charge in [0.2, 0.25) is 0 Å². The molecule has 2 aliphatic heterocycles. The first-order valence-corrected chi connectivity index (χ1v) is 23.4. The standard InChI is InChI=1S/C48H53NO11Si/c1-30-31(2)45(52)49(44(30)51)41-43(58-40(50)29-55-33-20-12-9-13-21-33)42(59-47(53)56-27-38-36-24-16-14-22-34(36)35-23-15-17-25-37(35)38)39(28-54-26-32-18-10-8-11-19-32)57-46(41)60-61(6,7)48(3,4)5/h8-25,38-39,41-43,46H,26-29H2,1-7H3/t39-,41-,42-,43-,46+/m1/s1. The van der Waals surface area contributed by atoms with Crippen molar-refractivity contribution in [3.63, 3.8) is 0 Å². The number of amides is 2. The van der Waals surface area contributed by atoms with Gasteiger partial charge in [-0.15, -0.1) is 0 Å². The zero-order valence-electron chi connectivity index (χ0n) is 35.6. The summed E-state index contributed by atoms with van der Waals surface area (Å²) in [5.41, 5.74) is 5.43. The van der Waals surface area contributed by atoms with Gasteiger partial charge in [-0.05, 0) is 71.9 Å². The van der Waals surface area contributed by atoms with E-state index in [4.69, 9.17) is 32.8 Å². The van der Waals surface area contributed by atoms with E-state index in [-0.39, 0.29) is 41.9 Å². The number of hydrogen-bond donors (Lipinski definition) is 0. The summed E-state index contributed by atoms with van der Waals surface area (Å²) < 4.78 is 44.0. The Bertz CT molecular complexity index is 2200. The van der Waals surface area contributed by atoms with Gasteiger partial charge < -0.3 is 32.8 Å². The second kappa shape index (κ2) is 18.2. The first-order chi connectivity index (χ1) is 29.1. The molecule has 320 valence electrons. The first-order valence-electron chi connectivity index (χ1n) is 20.5. The number of benzene rings is 4. The molecule has 61 heavy (non-hydrogen) atoms. The van der Waals surface area contributed by atoms with Crippen molar-refractivity contribution in [3.05, 3.63) is 137 Å². The lowest BCUT2D eigenvalue weighted by Crippen LogP contribution is -2.69. The van der Waals surface area contributed by atoms with Gasteiger partial charge in [0.15, 0.2) is 33.4 Å². The van der Waals surface area contributed by atoms with Gasteiger partial charge in [-0.1, -0.05) is 118 Å². The van der Waals surface area contributed by atoms with Crippen molar-refractivity contribution in [1.82, 2.24) is 4.90 Å². The molecule has 0 unspecified atom stereocenters. The molecule has 5 atom stereocenters. The Labute approximate surface area is 357 Å². The summed E-state index contributed by atoms with van der Waals surface area (Å²) in [6.45, 7) is 12.7. The van der Waals surface area contributed by atoms with Crippen LogP contribution in [0.3, 0.4) is 0 Å². The maximum absolute atomic E-state index is 14.1. The third-order valence-corrected chi connectivity index (χ3v) is 16.5. The van der Waals surface area contributed by atoms with Gasteiger partial charge in [0, 0.05) is 17.1 Å². The van der Waals surface area contributed by atoms with Gasteiger partial charge in [0.05, 0.1) is 13.2 Å². The Kier molecular flexibility index (Phi) is 13.0. The Hall–Kier alpha value is -5.60. The van der Waals surface area contributed by atoms with E-state index in [0.717, 1.165) is 32.7 Å². The molecule has 0 radical (unpaired) electrons. The zero-order valence-corrected chi connectivity index (χ0v) is 36.6. The highest BCUT2D eigenvalue weighted by Gasteiger charge is 2.59. The highest BCUT2D eigenvalue weighted by molar-refractivity contribution is 6.74. The van der Waals surface area contributed by atoms with Crippen LogP contribution in [-0.2, 0) is 49.1 Å². The fourth-order valence-electron chi connectivity index (χ4n) is 7.63. The largest absolute Gasteiger partial charge is 0.508 e. The van der Waals surface area contributed by atoms with Crippen molar-refractivity contribution in [3.8, 4) is 16.9 Å².